The van der Waals surface area contributed by atoms with Gasteiger partial charge < -0.3 is 4.74 Å². The highest BCUT2D eigenvalue weighted by atomic mass is 35.5. The van der Waals surface area contributed by atoms with Crippen LogP contribution < -0.4 is 16.0 Å². The zero-order chi connectivity index (χ0) is 14.7. The standard InChI is InChI=1S/C12H16Cl2N4OS/c1-3-4-18-11(8(19-2)6-16-18)10(17-15)7-5-9(13)20-12(7)14/h5-6,10,17H,3-4,15H2,1-2H3. The number of hydrogen-bond donors (Lipinski definition) is 2. The van der Waals surface area contributed by atoms with Crippen LogP contribution in [0, 0.1) is 0 Å². The van der Waals surface area contributed by atoms with Gasteiger partial charge in [0.25, 0.3) is 0 Å². The van der Waals surface area contributed by atoms with Crippen molar-refractivity contribution in [3.05, 3.63) is 32.2 Å². The molecular formula is C12H16Cl2N4OS. The van der Waals surface area contributed by atoms with E-state index in [1.54, 1.807) is 13.3 Å². The number of nitrogens with zero attached hydrogens (tertiary/aromatic N) is 2. The van der Waals surface area contributed by atoms with E-state index in [0.29, 0.717) is 14.4 Å². The van der Waals surface area contributed by atoms with Crippen molar-refractivity contribution in [1.29, 1.82) is 0 Å². The molecular weight excluding hydrogens is 319 g/mol. The van der Waals surface area contributed by atoms with Gasteiger partial charge in [-0.3, -0.25) is 10.5 Å². The number of methoxy groups -OCH3 is 1. The summed E-state index contributed by atoms with van der Waals surface area (Å²) in [6, 6.07) is 1.48. The number of rotatable bonds is 6. The fraction of sp³-hybridized carbons (Fsp3) is 0.417. The molecule has 0 spiro atoms. The zero-order valence-electron chi connectivity index (χ0n) is 11.2. The van der Waals surface area contributed by atoms with Crippen LogP contribution in [-0.2, 0) is 6.54 Å². The largest absolute Gasteiger partial charge is 0.493 e. The minimum atomic E-state index is -0.324. The Hall–Kier alpha value is -0.790. The molecule has 2 heterocycles. The number of thiophene rings is 1. The van der Waals surface area contributed by atoms with Crippen molar-refractivity contribution in [2.45, 2.75) is 25.9 Å². The van der Waals surface area contributed by atoms with E-state index in [2.05, 4.69) is 17.4 Å². The lowest BCUT2D eigenvalue weighted by atomic mass is 10.1. The Balaban J connectivity index is 2.50. The molecule has 1 atom stereocenters. The van der Waals surface area contributed by atoms with Gasteiger partial charge in [0.1, 0.15) is 5.69 Å². The molecule has 0 aliphatic rings. The maximum absolute atomic E-state index is 6.23. The molecule has 3 N–H and O–H groups in total. The minimum absolute atomic E-state index is 0.324. The first kappa shape index (κ1) is 15.6. The summed E-state index contributed by atoms with van der Waals surface area (Å²) >= 11 is 13.6. The van der Waals surface area contributed by atoms with Gasteiger partial charge in [-0.2, -0.15) is 5.10 Å². The third kappa shape index (κ3) is 2.94. The van der Waals surface area contributed by atoms with E-state index in [1.807, 2.05) is 10.7 Å². The molecule has 0 fully saturated rings. The van der Waals surface area contributed by atoms with Crippen LogP contribution >= 0.6 is 34.5 Å². The van der Waals surface area contributed by atoms with Crippen LogP contribution in [0.3, 0.4) is 0 Å². The number of hydrazine groups is 1. The van der Waals surface area contributed by atoms with E-state index in [4.69, 9.17) is 33.8 Å². The van der Waals surface area contributed by atoms with Gasteiger partial charge in [0.15, 0.2) is 5.75 Å². The molecule has 0 radical (unpaired) electrons. The average molecular weight is 335 g/mol. The van der Waals surface area contributed by atoms with Crippen LogP contribution in [0.15, 0.2) is 12.3 Å². The number of halogens is 2. The van der Waals surface area contributed by atoms with Gasteiger partial charge in [0.05, 0.1) is 28.0 Å². The van der Waals surface area contributed by atoms with E-state index in [9.17, 15) is 0 Å². The van der Waals surface area contributed by atoms with E-state index in [-0.39, 0.29) is 6.04 Å². The maximum atomic E-state index is 6.23. The maximum Gasteiger partial charge on any atom is 0.161 e. The van der Waals surface area contributed by atoms with Crippen LogP contribution in [0.4, 0.5) is 0 Å². The molecule has 2 aromatic heterocycles. The van der Waals surface area contributed by atoms with Crippen LogP contribution in [0.5, 0.6) is 5.75 Å². The Morgan fingerprint density at radius 3 is 2.80 bits per heavy atom. The molecule has 0 saturated heterocycles. The molecule has 5 nitrogen and oxygen atoms in total. The van der Waals surface area contributed by atoms with Gasteiger partial charge in [-0.05, 0) is 12.5 Å². The Kier molecular flexibility index (Phi) is 5.29. The van der Waals surface area contributed by atoms with Crippen LogP contribution in [0.1, 0.15) is 30.6 Å². The van der Waals surface area contributed by atoms with E-state index >= 15 is 0 Å². The normalized spacial score (nSPS) is 12.7. The van der Waals surface area contributed by atoms with Crippen molar-refractivity contribution in [2.24, 2.45) is 5.84 Å². The van der Waals surface area contributed by atoms with Gasteiger partial charge in [0.2, 0.25) is 0 Å². The lowest BCUT2D eigenvalue weighted by molar-refractivity contribution is 0.398. The van der Waals surface area contributed by atoms with Gasteiger partial charge in [0, 0.05) is 12.1 Å². The molecule has 20 heavy (non-hydrogen) atoms. The number of hydrogen-bond acceptors (Lipinski definition) is 5. The predicted octanol–water partition coefficient (Wildman–Crippen LogP) is 3.22. The second kappa shape index (κ2) is 6.78. The predicted molar refractivity (Wildman–Crippen MR) is 82.6 cm³/mol. The van der Waals surface area contributed by atoms with Gasteiger partial charge in [-0.25, -0.2) is 5.43 Å². The smallest absolute Gasteiger partial charge is 0.161 e. The molecule has 0 bridgehead atoms. The van der Waals surface area contributed by atoms with E-state index in [1.165, 1.54) is 11.3 Å². The Morgan fingerprint density at radius 1 is 1.55 bits per heavy atom. The number of aromatic nitrogens is 2. The van der Waals surface area contributed by atoms with Crippen molar-refractivity contribution >= 4 is 34.5 Å². The summed E-state index contributed by atoms with van der Waals surface area (Å²) in [5.74, 6) is 6.39. The summed E-state index contributed by atoms with van der Waals surface area (Å²) in [5.41, 5.74) is 4.43. The highest BCUT2D eigenvalue weighted by molar-refractivity contribution is 7.20. The van der Waals surface area contributed by atoms with E-state index in [0.717, 1.165) is 24.2 Å². The summed E-state index contributed by atoms with van der Waals surface area (Å²) in [7, 11) is 1.60. The summed E-state index contributed by atoms with van der Waals surface area (Å²) < 4.78 is 8.46. The van der Waals surface area contributed by atoms with Crippen molar-refractivity contribution in [2.75, 3.05) is 7.11 Å². The number of ether oxygens (including phenoxy) is 1. The number of aryl methyl sites for hydroxylation is 1. The topological polar surface area (TPSA) is 65.1 Å². The quantitative estimate of drug-likeness (QED) is 0.628. The summed E-state index contributed by atoms with van der Waals surface area (Å²) in [6.45, 7) is 2.85. The fourth-order valence-corrected chi connectivity index (χ4v) is 3.61. The van der Waals surface area contributed by atoms with E-state index < -0.39 is 0 Å². The van der Waals surface area contributed by atoms with Gasteiger partial charge >= 0.3 is 0 Å². The summed E-state index contributed by atoms with van der Waals surface area (Å²) in [4.78, 5) is 0. The third-order valence-electron chi connectivity index (χ3n) is 2.93. The molecule has 0 aliphatic carbocycles. The molecule has 0 aromatic carbocycles. The van der Waals surface area contributed by atoms with Crippen molar-refractivity contribution in [1.82, 2.24) is 15.2 Å². The first-order chi connectivity index (χ1) is 9.62. The molecule has 0 aliphatic heterocycles. The van der Waals surface area contributed by atoms with Crippen LogP contribution in [0.2, 0.25) is 8.67 Å². The SMILES string of the molecule is CCCn1ncc(OC)c1C(NN)c1cc(Cl)sc1Cl. The number of nitrogens with one attached hydrogen (secondary N) is 1. The molecule has 2 aromatic rings. The minimum Gasteiger partial charge on any atom is -0.493 e. The lowest BCUT2D eigenvalue weighted by Gasteiger charge is -2.18. The number of nitrogens with two attached hydrogens (primary N) is 1. The Labute approximate surface area is 131 Å². The zero-order valence-corrected chi connectivity index (χ0v) is 13.5. The van der Waals surface area contributed by atoms with Gasteiger partial charge in [-0.1, -0.05) is 30.1 Å². The third-order valence-corrected chi connectivity index (χ3v) is 4.45. The first-order valence-electron chi connectivity index (χ1n) is 6.12. The summed E-state index contributed by atoms with van der Waals surface area (Å²) in [6.07, 6.45) is 2.63. The molecule has 1 unspecified atom stereocenters. The molecule has 0 saturated carbocycles. The Morgan fingerprint density at radius 2 is 2.30 bits per heavy atom. The lowest BCUT2D eigenvalue weighted by Crippen LogP contribution is -2.31. The molecule has 2 rings (SSSR count). The van der Waals surface area contributed by atoms with Crippen molar-refractivity contribution < 1.29 is 4.74 Å². The Bertz CT molecular complexity index is 584. The van der Waals surface area contributed by atoms with Crippen LogP contribution in [0.25, 0.3) is 0 Å². The average Bonchev–Trinajstić information content (AvgIpc) is 2.96. The molecule has 0 amide bonds. The second-order valence-electron chi connectivity index (χ2n) is 4.20. The molecule has 8 heteroatoms. The van der Waals surface area contributed by atoms with Crippen molar-refractivity contribution in [3.8, 4) is 5.75 Å². The van der Waals surface area contributed by atoms with Gasteiger partial charge in [-0.15, -0.1) is 11.3 Å². The fourth-order valence-electron chi connectivity index (χ4n) is 2.08. The monoisotopic (exact) mass is 334 g/mol. The summed E-state index contributed by atoms with van der Waals surface area (Å²) in [5, 5.41) is 4.33. The second-order valence-corrected chi connectivity index (χ2v) is 6.49. The highest BCUT2D eigenvalue weighted by Crippen LogP contribution is 2.39. The van der Waals surface area contributed by atoms with Crippen molar-refractivity contribution in [3.63, 3.8) is 0 Å². The molecule has 110 valence electrons. The van der Waals surface area contributed by atoms with Crippen LogP contribution in [-0.4, -0.2) is 16.9 Å². The first-order valence-corrected chi connectivity index (χ1v) is 7.70. The highest BCUT2D eigenvalue weighted by Gasteiger charge is 2.25.